The van der Waals surface area contributed by atoms with Gasteiger partial charge in [0.2, 0.25) is 0 Å². The molecule has 0 spiro atoms. The number of benzene rings is 1. The molecule has 0 fully saturated rings. The van der Waals surface area contributed by atoms with Crippen molar-refractivity contribution >= 4 is 32.7 Å². The third-order valence-electron chi connectivity index (χ3n) is 2.39. The SMILES string of the molecule is CCCOC(=O)c1ccc2nc(NCC)sc2c1. The molecule has 2 rings (SSSR count). The van der Waals surface area contributed by atoms with Gasteiger partial charge in [-0.3, -0.25) is 0 Å². The molecule has 1 heterocycles. The quantitative estimate of drug-likeness (QED) is 0.842. The van der Waals surface area contributed by atoms with Crippen LogP contribution in [0.1, 0.15) is 30.6 Å². The number of thiazole rings is 1. The Bertz CT molecular complexity index is 551. The van der Waals surface area contributed by atoms with E-state index in [1.54, 1.807) is 17.4 Å². The molecule has 1 aromatic heterocycles. The van der Waals surface area contributed by atoms with E-state index >= 15 is 0 Å². The number of rotatable bonds is 5. The molecular formula is C13H16N2O2S. The Morgan fingerprint density at radius 1 is 1.44 bits per heavy atom. The zero-order valence-electron chi connectivity index (χ0n) is 10.5. The first-order chi connectivity index (χ1) is 8.74. The van der Waals surface area contributed by atoms with Crippen molar-refractivity contribution in [2.75, 3.05) is 18.5 Å². The predicted octanol–water partition coefficient (Wildman–Crippen LogP) is 3.29. The van der Waals surface area contributed by atoms with E-state index in [9.17, 15) is 4.79 Å². The Morgan fingerprint density at radius 2 is 2.28 bits per heavy atom. The zero-order valence-corrected chi connectivity index (χ0v) is 11.3. The summed E-state index contributed by atoms with van der Waals surface area (Å²) in [6.45, 7) is 5.30. The fraction of sp³-hybridized carbons (Fsp3) is 0.385. The molecule has 0 bridgehead atoms. The van der Waals surface area contributed by atoms with E-state index in [1.807, 2.05) is 26.0 Å². The van der Waals surface area contributed by atoms with Crippen LogP contribution in [0.3, 0.4) is 0 Å². The average Bonchev–Trinajstić information content (AvgIpc) is 2.77. The van der Waals surface area contributed by atoms with Gasteiger partial charge in [-0.2, -0.15) is 0 Å². The smallest absolute Gasteiger partial charge is 0.338 e. The van der Waals surface area contributed by atoms with E-state index in [0.717, 1.165) is 28.3 Å². The minimum atomic E-state index is -0.267. The van der Waals surface area contributed by atoms with Crippen LogP contribution in [-0.2, 0) is 4.74 Å². The normalized spacial score (nSPS) is 10.6. The van der Waals surface area contributed by atoms with Crippen molar-refractivity contribution in [1.82, 2.24) is 4.98 Å². The van der Waals surface area contributed by atoms with E-state index in [-0.39, 0.29) is 5.97 Å². The lowest BCUT2D eigenvalue weighted by Crippen LogP contribution is -2.05. The first-order valence-electron chi connectivity index (χ1n) is 6.06. The molecule has 0 unspecified atom stereocenters. The number of aromatic nitrogens is 1. The van der Waals surface area contributed by atoms with Gasteiger partial charge in [-0.25, -0.2) is 9.78 Å². The molecular weight excluding hydrogens is 248 g/mol. The number of nitrogens with one attached hydrogen (secondary N) is 1. The van der Waals surface area contributed by atoms with Crippen molar-refractivity contribution in [3.8, 4) is 0 Å². The maximum absolute atomic E-state index is 11.7. The standard InChI is InChI=1S/C13H16N2O2S/c1-3-7-17-12(16)9-5-6-10-11(8-9)18-13(15-10)14-4-2/h5-6,8H,3-4,7H2,1-2H3,(H,14,15). The summed E-state index contributed by atoms with van der Waals surface area (Å²) in [5.41, 5.74) is 1.49. The van der Waals surface area contributed by atoms with Gasteiger partial charge in [0.05, 0.1) is 22.4 Å². The van der Waals surface area contributed by atoms with Gasteiger partial charge in [0.25, 0.3) is 0 Å². The highest BCUT2D eigenvalue weighted by molar-refractivity contribution is 7.22. The third kappa shape index (κ3) is 2.79. The Balaban J connectivity index is 2.23. The molecule has 0 amide bonds. The maximum Gasteiger partial charge on any atom is 0.338 e. The first-order valence-corrected chi connectivity index (χ1v) is 6.87. The number of hydrogen-bond donors (Lipinski definition) is 1. The lowest BCUT2D eigenvalue weighted by atomic mass is 10.2. The van der Waals surface area contributed by atoms with Gasteiger partial charge in [-0.05, 0) is 31.5 Å². The van der Waals surface area contributed by atoms with Gasteiger partial charge in [0, 0.05) is 6.54 Å². The van der Waals surface area contributed by atoms with Crippen molar-refractivity contribution < 1.29 is 9.53 Å². The van der Waals surface area contributed by atoms with Crippen molar-refractivity contribution in [2.45, 2.75) is 20.3 Å². The van der Waals surface area contributed by atoms with Crippen LogP contribution in [0.5, 0.6) is 0 Å². The number of carbonyl (C=O) groups excluding carboxylic acids is 1. The summed E-state index contributed by atoms with van der Waals surface area (Å²) in [7, 11) is 0. The van der Waals surface area contributed by atoms with Crippen molar-refractivity contribution in [1.29, 1.82) is 0 Å². The molecule has 0 aliphatic heterocycles. The summed E-state index contributed by atoms with van der Waals surface area (Å²) in [6.07, 6.45) is 0.832. The number of carbonyl (C=O) groups is 1. The highest BCUT2D eigenvalue weighted by Crippen LogP contribution is 2.26. The average molecular weight is 264 g/mol. The highest BCUT2D eigenvalue weighted by atomic mass is 32.1. The first kappa shape index (κ1) is 12.8. The molecule has 96 valence electrons. The number of fused-ring (bicyclic) bond motifs is 1. The minimum absolute atomic E-state index is 0.267. The Kier molecular flexibility index (Phi) is 4.15. The largest absolute Gasteiger partial charge is 0.462 e. The van der Waals surface area contributed by atoms with Crippen LogP contribution in [0.2, 0.25) is 0 Å². The van der Waals surface area contributed by atoms with E-state index < -0.39 is 0 Å². The van der Waals surface area contributed by atoms with Gasteiger partial charge < -0.3 is 10.1 Å². The molecule has 1 aromatic carbocycles. The van der Waals surface area contributed by atoms with E-state index in [4.69, 9.17) is 4.74 Å². The summed E-state index contributed by atoms with van der Waals surface area (Å²) in [5, 5.41) is 4.05. The van der Waals surface area contributed by atoms with Crippen molar-refractivity contribution in [3.05, 3.63) is 23.8 Å². The molecule has 0 aliphatic carbocycles. The van der Waals surface area contributed by atoms with Crippen LogP contribution in [0.25, 0.3) is 10.2 Å². The van der Waals surface area contributed by atoms with Crippen LogP contribution in [0.4, 0.5) is 5.13 Å². The highest BCUT2D eigenvalue weighted by Gasteiger charge is 2.10. The monoisotopic (exact) mass is 264 g/mol. The number of hydrogen-bond acceptors (Lipinski definition) is 5. The zero-order chi connectivity index (χ0) is 13.0. The molecule has 4 nitrogen and oxygen atoms in total. The third-order valence-corrected chi connectivity index (χ3v) is 3.37. The van der Waals surface area contributed by atoms with Crippen molar-refractivity contribution in [2.24, 2.45) is 0 Å². The molecule has 0 aliphatic rings. The molecule has 0 saturated carbocycles. The Morgan fingerprint density at radius 3 is 3.00 bits per heavy atom. The van der Waals surface area contributed by atoms with Gasteiger partial charge in [-0.1, -0.05) is 18.3 Å². The Labute approximate surface area is 110 Å². The number of ether oxygens (including phenoxy) is 1. The van der Waals surface area contributed by atoms with Crippen LogP contribution >= 0.6 is 11.3 Å². The van der Waals surface area contributed by atoms with Crippen LogP contribution < -0.4 is 5.32 Å². The van der Waals surface area contributed by atoms with Crippen LogP contribution in [0.15, 0.2) is 18.2 Å². The van der Waals surface area contributed by atoms with E-state index in [1.165, 1.54) is 0 Å². The molecule has 2 aromatic rings. The van der Waals surface area contributed by atoms with Crippen LogP contribution in [0, 0.1) is 0 Å². The van der Waals surface area contributed by atoms with Gasteiger partial charge in [0.15, 0.2) is 5.13 Å². The lowest BCUT2D eigenvalue weighted by Gasteiger charge is -2.02. The second-order valence-corrected chi connectivity index (χ2v) is 4.90. The summed E-state index contributed by atoms with van der Waals surface area (Å²) in [6, 6.07) is 5.46. The van der Waals surface area contributed by atoms with E-state index in [2.05, 4.69) is 10.3 Å². The van der Waals surface area contributed by atoms with Gasteiger partial charge >= 0.3 is 5.97 Å². The topological polar surface area (TPSA) is 51.2 Å². The molecule has 0 saturated heterocycles. The molecule has 5 heteroatoms. The molecule has 0 radical (unpaired) electrons. The summed E-state index contributed by atoms with van der Waals surface area (Å²) in [4.78, 5) is 16.1. The van der Waals surface area contributed by atoms with Gasteiger partial charge in [0.1, 0.15) is 0 Å². The number of anilines is 1. The van der Waals surface area contributed by atoms with Gasteiger partial charge in [-0.15, -0.1) is 0 Å². The molecule has 18 heavy (non-hydrogen) atoms. The minimum Gasteiger partial charge on any atom is -0.462 e. The molecule has 1 N–H and O–H groups in total. The predicted molar refractivity (Wildman–Crippen MR) is 74.4 cm³/mol. The fourth-order valence-electron chi connectivity index (χ4n) is 1.56. The lowest BCUT2D eigenvalue weighted by molar-refractivity contribution is 0.0505. The maximum atomic E-state index is 11.7. The second-order valence-electron chi connectivity index (χ2n) is 3.87. The number of nitrogens with zero attached hydrogens (tertiary/aromatic N) is 1. The van der Waals surface area contributed by atoms with Crippen LogP contribution in [-0.4, -0.2) is 24.1 Å². The number of esters is 1. The summed E-state index contributed by atoms with van der Waals surface area (Å²) >= 11 is 1.55. The van der Waals surface area contributed by atoms with E-state index in [0.29, 0.717) is 12.2 Å². The molecule has 0 atom stereocenters. The summed E-state index contributed by atoms with van der Waals surface area (Å²) < 4.78 is 6.11. The Hall–Kier alpha value is -1.62. The van der Waals surface area contributed by atoms with Crippen molar-refractivity contribution in [3.63, 3.8) is 0 Å². The fourth-order valence-corrected chi connectivity index (χ4v) is 2.53. The summed E-state index contributed by atoms with van der Waals surface area (Å²) in [5.74, 6) is -0.267. The second kappa shape index (κ2) is 5.82.